The molecule has 1 aromatic rings. The second kappa shape index (κ2) is 7.88. The molecular weight excluding hydrogens is 304 g/mol. The molecule has 1 amide bonds. The van der Waals surface area contributed by atoms with Gasteiger partial charge in [-0.25, -0.2) is 4.79 Å². The van der Waals surface area contributed by atoms with Crippen LogP contribution in [-0.4, -0.2) is 48.9 Å². The highest BCUT2D eigenvalue weighted by atomic mass is 16.6. The lowest BCUT2D eigenvalue weighted by Gasteiger charge is -2.29. The van der Waals surface area contributed by atoms with Crippen LogP contribution in [0.3, 0.4) is 0 Å². The molecule has 5 heteroatoms. The van der Waals surface area contributed by atoms with Crippen LogP contribution in [0.25, 0.3) is 0 Å². The van der Waals surface area contributed by atoms with Gasteiger partial charge in [0, 0.05) is 19.0 Å². The van der Waals surface area contributed by atoms with E-state index < -0.39 is 5.60 Å². The summed E-state index contributed by atoms with van der Waals surface area (Å²) in [5, 5.41) is 2.80. The maximum absolute atomic E-state index is 11.6. The van der Waals surface area contributed by atoms with Crippen LogP contribution in [0, 0.1) is 0 Å². The molecule has 0 radical (unpaired) electrons. The Morgan fingerprint density at radius 3 is 2.79 bits per heavy atom. The maximum atomic E-state index is 11.6. The third-order valence-electron chi connectivity index (χ3n) is 4.26. The van der Waals surface area contributed by atoms with E-state index in [1.165, 1.54) is 5.56 Å². The van der Waals surface area contributed by atoms with Crippen molar-refractivity contribution in [3.63, 3.8) is 0 Å². The Labute approximate surface area is 145 Å². The molecule has 0 saturated carbocycles. The van der Waals surface area contributed by atoms with Crippen molar-refractivity contribution in [3.8, 4) is 5.75 Å². The zero-order valence-electron chi connectivity index (χ0n) is 15.5. The first-order chi connectivity index (χ1) is 11.3. The number of hydrogen-bond acceptors (Lipinski definition) is 4. The third kappa shape index (κ3) is 5.41. The first-order valence-electron chi connectivity index (χ1n) is 8.68. The highest BCUT2D eigenvalue weighted by Crippen LogP contribution is 2.30. The summed E-state index contributed by atoms with van der Waals surface area (Å²) in [6.07, 6.45) is 1.66. The van der Waals surface area contributed by atoms with E-state index in [9.17, 15) is 4.79 Å². The van der Waals surface area contributed by atoms with Crippen molar-refractivity contribution in [1.82, 2.24) is 10.2 Å². The van der Waals surface area contributed by atoms with Gasteiger partial charge in [0.15, 0.2) is 0 Å². The standard InChI is InChI=1S/C19H30N2O3/c1-14(17-13-15-9-6-7-10-16(15)23-17)21(5)12-8-11-20-18(22)24-19(2,3)4/h6-7,9-10,14,17H,8,11-13H2,1-5H3,(H,20,22)/t14-,17+/m0/s1. The molecule has 1 N–H and O–H groups in total. The van der Waals surface area contributed by atoms with E-state index in [1.807, 2.05) is 32.9 Å². The molecule has 5 nitrogen and oxygen atoms in total. The first-order valence-corrected chi connectivity index (χ1v) is 8.68. The summed E-state index contributed by atoms with van der Waals surface area (Å²) >= 11 is 0. The SMILES string of the molecule is C[C@@H]([C@H]1Cc2ccccc2O1)N(C)CCCNC(=O)OC(C)(C)C. The van der Waals surface area contributed by atoms with Gasteiger partial charge >= 0.3 is 6.09 Å². The number of hydrogen-bond donors (Lipinski definition) is 1. The molecule has 2 rings (SSSR count). The molecule has 0 unspecified atom stereocenters. The van der Waals surface area contributed by atoms with Gasteiger partial charge in [-0.1, -0.05) is 18.2 Å². The quantitative estimate of drug-likeness (QED) is 0.812. The van der Waals surface area contributed by atoms with Gasteiger partial charge in [-0.2, -0.15) is 0 Å². The van der Waals surface area contributed by atoms with E-state index >= 15 is 0 Å². The zero-order chi connectivity index (χ0) is 17.7. The summed E-state index contributed by atoms with van der Waals surface area (Å²) in [6.45, 7) is 9.29. The number of alkyl carbamates (subject to hydrolysis) is 1. The van der Waals surface area contributed by atoms with Crippen molar-refractivity contribution in [2.24, 2.45) is 0 Å². The molecule has 1 heterocycles. The summed E-state index contributed by atoms with van der Waals surface area (Å²) < 4.78 is 11.3. The van der Waals surface area contributed by atoms with E-state index in [0.717, 1.165) is 25.1 Å². The Morgan fingerprint density at radius 1 is 1.42 bits per heavy atom. The van der Waals surface area contributed by atoms with Gasteiger partial charge in [0.2, 0.25) is 0 Å². The lowest BCUT2D eigenvalue weighted by atomic mass is 10.0. The second-order valence-electron chi connectivity index (χ2n) is 7.47. The van der Waals surface area contributed by atoms with E-state index in [1.54, 1.807) is 0 Å². The molecule has 0 aromatic heterocycles. The monoisotopic (exact) mass is 334 g/mol. The van der Waals surface area contributed by atoms with Gasteiger partial charge in [0.25, 0.3) is 0 Å². The van der Waals surface area contributed by atoms with Gasteiger partial charge in [-0.3, -0.25) is 4.90 Å². The van der Waals surface area contributed by atoms with Crippen molar-refractivity contribution < 1.29 is 14.3 Å². The van der Waals surface area contributed by atoms with Crippen LogP contribution in [0.15, 0.2) is 24.3 Å². The van der Waals surface area contributed by atoms with Crippen molar-refractivity contribution in [1.29, 1.82) is 0 Å². The summed E-state index contributed by atoms with van der Waals surface area (Å²) in [5.41, 5.74) is 0.832. The lowest BCUT2D eigenvalue weighted by Crippen LogP contribution is -2.42. The molecule has 0 fully saturated rings. The number of likely N-dealkylation sites (N-methyl/N-ethyl adjacent to an activating group) is 1. The molecule has 1 aromatic carbocycles. The van der Waals surface area contributed by atoms with Crippen LogP contribution in [-0.2, 0) is 11.2 Å². The van der Waals surface area contributed by atoms with Crippen LogP contribution in [0.5, 0.6) is 5.75 Å². The van der Waals surface area contributed by atoms with E-state index in [2.05, 4.69) is 36.3 Å². The predicted molar refractivity (Wildman–Crippen MR) is 95.5 cm³/mol. The van der Waals surface area contributed by atoms with E-state index in [0.29, 0.717) is 12.6 Å². The van der Waals surface area contributed by atoms with Gasteiger partial charge in [0.1, 0.15) is 17.5 Å². The van der Waals surface area contributed by atoms with Gasteiger partial charge in [0.05, 0.1) is 0 Å². The molecule has 134 valence electrons. The number of rotatable bonds is 6. The summed E-state index contributed by atoms with van der Waals surface area (Å²) in [4.78, 5) is 13.9. The number of nitrogens with zero attached hydrogens (tertiary/aromatic N) is 1. The fourth-order valence-corrected chi connectivity index (χ4v) is 2.80. The number of carbonyl (C=O) groups is 1. The minimum Gasteiger partial charge on any atom is -0.488 e. The Morgan fingerprint density at radius 2 is 2.12 bits per heavy atom. The van der Waals surface area contributed by atoms with Gasteiger partial charge < -0.3 is 14.8 Å². The average Bonchev–Trinajstić information content (AvgIpc) is 2.92. The van der Waals surface area contributed by atoms with Crippen LogP contribution in [0.4, 0.5) is 4.79 Å². The van der Waals surface area contributed by atoms with Crippen LogP contribution >= 0.6 is 0 Å². The second-order valence-corrected chi connectivity index (χ2v) is 7.47. The average molecular weight is 334 g/mol. The summed E-state index contributed by atoms with van der Waals surface area (Å²) in [5.74, 6) is 1.01. The molecule has 0 saturated heterocycles. The molecule has 2 atom stereocenters. The lowest BCUT2D eigenvalue weighted by molar-refractivity contribution is 0.0523. The van der Waals surface area contributed by atoms with Crippen molar-refractivity contribution in [3.05, 3.63) is 29.8 Å². The fraction of sp³-hybridized carbons (Fsp3) is 0.632. The number of para-hydroxylation sites is 1. The summed E-state index contributed by atoms with van der Waals surface area (Å²) in [6, 6.07) is 8.55. The van der Waals surface area contributed by atoms with Crippen LogP contribution in [0.1, 0.15) is 39.7 Å². The number of fused-ring (bicyclic) bond motifs is 1. The van der Waals surface area contributed by atoms with E-state index in [4.69, 9.17) is 9.47 Å². The molecule has 0 bridgehead atoms. The minimum absolute atomic E-state index is 0.186. The molecule has 1 aliphatic heterocycles. The number of carbonyl (C=O) groups excluding carboxylic acids is 1. The van der Waals surface area contributed by atoms with E-state index in [-0.39, 0.29) is 12.2 Å². The van der Waals surface area contributed by atoms with Crippen molar-refractivity contribution in [2.75, 3.05) is 20.1 Å². The molecule has 0 aliphatic carbocycles. The van der Waals surface area contributed by atoms with Gasteiger partial charge in [-0.05, 0) is 59.3 Å². The largest absolute Gasteiger partial charge is 0.488 e. The van der Waals surface area contributed by atoms with Crippen LogP contribution < -0.4 is 10.1 Å². The smallest absolute Gasteiger partial charge is 0.407 e. The molecule has 24 heavy (non-hydrogen) atoms. The maximum Gasteiger partial charge on any atom is 0.407 e. The topological polar surface area (TPSA) is 50.8 Å². The molecule has 1 aliphatic rings. The number of benzene rings is 1. The number of amides is 1. The fourth-order valence-electron chi connectivity index (χ4n) is 2.80. The Balaban J connectivity index is 1.68. The van der Waals surface area contributed by atoms with Crippen molar-refractivity contribution >= 4 is 6.09 Å². The normalized spacial score (nSPS) is 18.0. The minimum atomic E-state index is -0.454. The highest BCUT2D eigenvalue weighted by molar-refractivity contribution is 5.67. The Kier molecular flexibility index (Phi) is 6.10. The third-order valence-corrected chi connectivity index (χ3v) is 4.26. The predicted octanol–water partition coefficient (Wildman–Crippen LogP) is 3.23. The summed E-state index contributed by atoms with van der Waals surface area (Å²) in [7, 11) is 2.10. The van der Waals surface area contributed by atoms with Gasteiger partial charge in [-0.15, -0.1) is 0 Å². The Bertz CT molecular complexity index is 529. The molecular formula is C19H30N2O3. The number of nitrogens with one attached hydrogen (secondary N) is 1. The molecule has 0 spiro atoms. The first kappa shape index (κ1) is 18.6. The van der Waals surface area contributed by atoms with Crippen LogP contribution in [0.2, 0.25) is 0 Å². The Hall–Kier alpha value is -1.75. The number of ether oxygens (including phenoxy) is 2. The van der Waals surface area contributed by atoms with Crippen molar-refractivity contribution in [2.45, 2.75) is 58.3 Å². The zero-order valence-corrected chi connectivity index (χ0v) is 15.5. The highest BCUT2D eigenvalue weighted by Gasteiger charge is 2.29.